The first-order chi connectivity index (χ1) is 9.24. The van der Waals surface area contributed by atoms with Crippen molar-refractivity contribution < 1.29 is 9.13 Å². The molecule has 1 fully saturated rings. The lowest BCUT2D eigenvalue weighted by Crippen LogP contribution is -2.37. The van der Waals surface area contributed by atoms with Crippen LogP contribution in [-0.4, -0.2) is 32.8 Å². The molecule has 1 aliphatic heterocycles. The van der Waals surface area contributed by atoms with Crippen molar-refractivity contribution in [2.75, 3.05) is 31.6 Å². The summed E-state index contributed by atoms with van der Waals surface area (Å²) in [7, 11) is 1.77. The minimum Gasteiger partial charge on any atom is -0.381 e. The van der Waals surface area contributed by atoms with Crippen molar-refractivity contribution in [1.29, 1.82) is 0 Å². The highest BCUT2D eigenvalue weighted by atomic mass is 19.1. The van der Waals surface area contributed by atoms with Gasteiger partial charge in [-0.3, -0.25) is 0 Å². The van der Waals surface area contributed by atoms with Crippen LogP contribution in [0.4, 0.5) is 10.1 Å². The molecule has 106 valence electrons. The first kappa shape index (κ1) is 14.3. The topological polar surface area (TPSA) is 24.5 Å². The number of hydrogen-bond donors (Lipinski definition) is 1. The van der Waals surface area contributed by atoms with Gasteiger partial charge in [0.15, 0.2) is 0 Å². The average Bonchev–Trinajstić information content (AvgIpc) is 2.45. The molecule has 1 heterocycles. The molecule has 4 heteroatoms. The van der Waals surface area contributed by atoms with Crippen molar-refractivity contribution in [1.82, 2.24) is 5.32 Å². The van der Waals surface area contributed by atoms with Crippen LogP contribution in [0.15, 0.2) is 18.2 Å². The summed E-state index contributed by atoms with van der Waals surface area (Å²) >= 11 is 0. The lowest BCUT2D eigenvalue weighted by atomic mass is 10.0. The van der Waals surface area contributed by atoms with Gasteiger partial charge in [0, 0.05) is 32.4 Å². The normalized spacial score (nSPS) is 16.9. The quantitative estimate of drug-likeness (QED) is 0.886. The second-order valence-corrected chi connectivity index (χ2v) is 4.98. The second-order valence-electron chi connectivity index (χ2n) is 4.98. The average molecular weight is 266 g/mol. The number of anilines is 1. The van der Waals surface area contributed by atoms with Gasteiger partial charge in [0.25, 0.3) is 0 Å². The summed E-state index contributed by atoms with van der Waals surface area (Å²) < 4.78 is 18.8. The van der Waals surface area contributed by atoms with Gasteiger partial charge in [0.1, 0.15) is 5.82 Å². The summed E-state index contributed by atoms with van der Waals surface area (Å²) in [6.07, 6.45) is 2.44. The van der Waals surface area contributed by atoms with E-state index in [1.165, 1.54) is 0 Å². The van der Waals surface area contributed by atoms with Crippen molar-refractivity contribution in [2.24, 2.45) is 0 Å². The van der Waals surface area contributed by atoms with Gasteiger partial charge in [0.2, 0.25) is 0 Å². The number of rotatable bonds is 5. The molecule has 1 saturated heterocycles. The SMILES string of the molecule is CCNCc1cc(F)ccc1N1CCC(OC)CC1. The summed E-state index contributed by atoms with van der Waals surface area (Å²) in [5.74, 6) is -0.163. The fourth-order valence-corrected chi connectivity index (χ4v) is 2.60. The Morgan fingerprint density at radius 1 is 1.37 bits per heavy atom. The Bertz CT molecular complexity index is 403. The van der Waals surface area contributed by atoms with Crippen LogP contribution >= 0.6 is 0 Å². The number of hydrogen-bond acceptors (Lipinski definition) is 3. The van der Waals surface area contributed by atoms with Crippen LogP contribution in [0.25, 0.3) is 0 Å². The van der Waals surface area contributed by atoms with Crippen molar-refractivity contribution in [3.8, 4) is 0 Å². The molecule has 2 rings (SSSR count). The predicted octanol–water partition coefficient (Wildman–Crippen LogP) is 2.55. The van der Waals surface area contributed by atoms with Crippen LogP contribution in [0.5, 0.6) is 0 Å². The van der Waals surface area contributed by atoms with E-state index in [0.717, 1.165) is 43.7 Å². The van der Waals surface area contributed by atoms with E-state index >= 15 is 0 Å². The molecule has 0 spiro atoms. The molecular weight excluding hydrogens is 243 g/mol. The zero-order valence-corrected chi connectivity index (χ0v) is 11.8. The van der Waals surface area contributed by atoms with Crippen LogP contribution in [-0.2, 0) is 11.3 Å². The van der Waals surface area contributed by atoms with Gasteiger partial charge in [0.05, 0.1) is 6.10 Å². The minimum atomic E-state index is -0.163. The summed E-state index contributed by atoms with van der Waals surface area (Å²) in [5, 5.41) is 3.27. The third-order valence-electron chi connectivity index (χ3n) is 3.72. The van der Waals surface area contributed by atoms with Crippen LogP contribution < -0.4 is 10.2 Å². The first-order valence-corrected chi connectivity index (χ1v) is 7.01. The number of halogens is 1. The van der Waals surface area contributed by atoms with E-state index in [1.54, 1.807) is 19.2 Å². The predicted molar refractivity (Wildman–Crippen MR) is 76.0 cm³/mol. The lowest BCUT2D eigenvalue weighted by molar-refractivity contribution is 0.0819. The van der Waals surface area contributed by atoms with Gasteiger partial charge in [-0.1, -0.05) is 6.92 Å². The highest BCUT2D eigenvalue weighted by Crippen LogP contribution is 2.25. The molecule has 1 N–H and O–H groups in total. The van der Waals surface area contributed by atoms with Crippen molar-refractivity contribution in [3.05, 3.63) is 29.6 Å². The standard InChI is InChI=1S/C15H23FN2O/c1-3-17-11-12-10-13(16)4-5-15(12)18-8-6-14(19-2)7-9-18/h4-5,10,14,17H,3,6-9,11H2,1-2H3. The van der Waals surface area contributed by atoms with Gasteiger partial charge >= 0.3 is 0 Å². The largest absolute Gasteiger partial charge is 0.381 e. The van der Waals surface area contributed by atoms with Crippen LogP contribution in [0.3, 0.4) is 0 Å². The van der Waals surface area contributed by atoms with E-state index in [2.05, 4.69) is 17.1 Å². The van der Waals surface area contributed by atoms with E-state index in [9.17, 15) is 4.39 Å². The summed E-state index contributed by atoms with van der Waals surface area (Å²) in [6.45, 7) is 5.62. The van der Waals surface area contributed by atoms with Gasteiger partial charge in [-0.15, -0.1) is 0 Å². The number of benzene rings is 1. The molecule has 19 heavy (non-hydrogen) atoms. The van der Waals surface area contributed by atoms with Gasteiger partial charge in [-0.25, -0.2) is 4.39 Å². The van der Waals surface area contributed by atoms with Crippen molar-refractivity contribution in [3.63, 3.8) is 0 Å². The molecule has 1 aliphatic rings. The van der Waals surface area contributed by atoms with E-state index in [1.807, 2.05) is 6.07 Å². The highest BCUT2D eigenvalue weighted by molar-refractivity contribution is 5.54. The Kier molecular flexibility index (Phi) is 5.16. The van der Waals surface area contributed by atoms with Crippen LogP contribution in [0.2, 0.25) is 0 Å². The third-order valence-corrected chi connectivity index (χ3v) is 3.72. The van der Waals surface area contributed by atoms with Crippen LogP contribution in [0.1, 0.15) is 25.3 Å². The van der Waals surface area contributed by atoms with E-state index < -0.39 is 0 Å². The summed E-state index contributed by atoms with van der Waals surface area (Å²) in [5.41, 5.74) is 2.19. The molecule has 0 aliphatic carbocycles. The fourth-order valence-electron chi connectivity index (χ4n) is 2.60. The molecule has 1 aromatic carbocycles. The molecule has 0 saturated carbocycles. The molecule has 3 nitrogen and oxygen atoms in total. The minimum absolute atomic E-state index is 0.163. The van der Waals surface area contributed by atoms with E-state index in [4.69, 9.17) is 4.74 Å². The Morgan fingerprint density at radius 2 is 2.11 bits per heavy atom. The molecule has 1 aromatic rings. The van der Waals surface area contributed by atoms with Gasteiger partial charge in [-0.05, 0) is 43.1 Å². The maximum Gasteiger partial charge on any atom is 0.123 e. The summed E-state index contributed by atoms with van der Waals surface area (Å²) in [6, 6.07) is 5.09. The zero-order chi connectivity index (χ0) is 13.7. The number of methoxy groups -OCH3 is 1. The van der Waals surface area contributed by atoms with Gasteiger partial charge in [-0.2, -0.15) is 0 Å². The van der Waals surface area contributed by atoms with E-state index in [-0.39, 0.29) is 5.82 Å². The Hall–Kier alpha value is -1.13. The molecule has 0 atom stereocenters. The smallest absolute Gasteiger partial charge is 0.123 e. The zero-order valence-electron chi connectivity index (χ0n) is 11.8. The third kappa shape index (κ3) is 3.67. The molecule has 0 amide bonds. The molecule has 0 bridgehead atoms. The monoisotopic (exact) mass is 266 g/mol. The second kappa shape index (κ2) is 6.87. The molecular formula is C15H23FN2O. The lowest BCUT2D eigenvalue weighted by Gasteiger charge is -2.34. The number of nitrogens with one attached hydrogen (secondary N) is 1. The highest BCUT2D eigenvalue weighted by Gasteiger charge is 2.20. The van der Waals surface area contributed by atoms with Crippen molar-refractivity contribution >= 4 is 5.69 Å². The van der Waals surface area contributed by atoms with Crippen LogP contribution in [0, 0.1) is 5.82 Å². The summed E-state index contributed by atoms with van der Waals surface area (Å²) in [4.78, 5) is 2.33. The number of ether oxygens (including phenoxy) is 1. The van der Waals surface area contributed by atoms with Gasteiger partial charge < -0.3 is 15.0 Å². The molecule has 0 unspecified atom stereocenters. The molecule has 0 radical (unpaired) electrons. The number of nitrogens with zero attached hydrogens (tertiary/aromatic N) is 1. The maximum atomic E-state index is 13.4. The maximum absolute atomic E-state index is 13.4. The Balaban J connectivity index is 2.10. The Labute approximate surface area is 114 Å². The number of piperidine rings is 1. The fraction of sp³-hybridized carbons (Fsp3) is 0.600. The first-order valence-electron chi connectivity index (χ1n) is 7.01. The van der Waals surface area contributed by atoms with Crippen molar-refractivity contribution in [2.45, 2.75) is 32.4 Å². The van der Waals surface area contributed by atoms with E-state index in [0.29, 0.717) is 12.6 Å². The molecule has 0 aromatic heterocycles. The Morgan fingerprint density at radius 3 is 2.74 bits per heavy atom.